The Kier molecular flexibility index (Phi) is 21.3. The zero-order valence-electron chi connectivity index (χ0n) is 41.2. The van der Waals surface area contributed by atoms with E-state index in [0.717, 1.165) is 10.9 Å². The summed E-state index contributed by atoms with van der Waals surface area (Å²) in [6, 6.07) is 9.99. The summed E-state index contributed by atoms with van der Waals surface area (Å²) in [4.78, 5) is 13.7. The molecule has 85 heavy (non-hydrogen) atoms. The van der Waals surface area contributed by atoms with Crippen LogP contribution in [0.4, 0.5) is 83.3 Å². The monoisotopic (exact) mass is 1390 g/mol. The number of methoxy groups -OCH3 is 1. The lowest BCUT2D eigenvalue weighted by molar-refractivity contribution is -0.138. The van der Waals surface area contributed by atoms with E-state index < -0.39 is 150 Å². The SMILES string of the molecule is CC(=O)c1nn(-c2c(Cl)cc(C(F)(F)F)cc2Cl)c(N)c1S(C)=O.COc1cc(C=Nc2c(SC(F)(F)F)c(C#N)nn2-c2c(Cl)cc(C(F)(F)F)cc2Cl)ccc1O.N#Cc1nn(-c2c(Cl)cc(C(F)(F)F)cc2Cl)c(N)c1S(=O)C(F)(F)F. The maximum absolute atomic E-state index is 13.2. The van der Waals surface area contributed by atoms with E-state index in [1.165, 1.54) is 50.6 Å². The molecule has 40 heteroatoms. The van der Waals surface area contributed by atoms with Crippen molar-refractivity contribution in [2.75, 3.05) is 24.8 Å². The van der Waals surface area contributed by atoms with Gasteiger partial charge in [0.15, 0.2) is 45.3 Å². The maximum Gasteiger partial charge on any atom is 0.476 e. The van der Waals surface area contributed by atoms with Crippen molar-refractivity contribution in [1.82, 2.24) is 29.3 Å². The normalized spacial score (nSPS) is 12.9. The number of phenols is 1. The van der Waals surface area contributed by atoms with Gasteiger partial charge in [-0.05, 0) is 71.9 Å². The van der Waals surface area contributed by atoms with Gasteiger partial charge in [-0.1, -0.05) is 69.6 Å². The van der Waals surface area contributed by atoms with Crippen LogP contribution in [0, 0.1) is 22.7 Å². The molecule has 0 saturated heterocycles. The molecule has 0 bridgehead atoms. The van der Waals surface area contributed by atoms with Crippen molar-refractivity contribution < 1.29 is 88.9 Å². The van der Waals surface area contributed by atoms with Crippen molar-refractivity contribution in [3.63, 3.8) is 0 Å². The predicted molar refractivity (Wildman–Crippen MR) is 283 cm³/mol. The fourth-order valence-electron chi connectivity index (χ4n) is 6.71. The van der Waals surface area contributed by atoms with Crippen molar-refractivity contribution in [1.29, 1.82) is 10.5 Å². The molecule has 0 aliphatic heterocycles. The number of nitriles is 2. The fourth-order valence-corrected chi connectivity index (χ4v) is 10.9. The first-order chi connectivity index (χ1) is 39.0. The number of nitrogen functional groups attached to an aromatic ring is 2. The minimum absolute atomic E-state index is 0.0328. The zero-order valence-corrected chi connectivity index (χ0v) is 48.2. The summed E-state index contributed by atoms with van der Waals surface area (Å²) < 4.78 is 224. The molecule has 0 fully saturated rings. The number of phenolic OH excluding ortho intramolecular Hbond substituents is 1. The number of carbonyl (C=O) groups excluding carboxylic acids is 1. The number of thioether (sulfide) groups is 1. The molecule has 2 atom stereocenters. The topological polar surface area (TPSA) is 246 Å². The van der Waals surface area contributed by atoms with Gasteiger partial charge in [-0.3, -0.25) is 9.00 Å². The Morgan fingerprint density at radius 1 is 0.659 bits per heavy atom. The number of rotatable bonds is 10. The lowest BCUT2D eigenvalue weighted by Gasteiger charge is -2.13. The molecule has 0 aliphatic rings. The number of aromatic nitrogens is 6. The molecule has 454 valence electrons. The van der Waals surface area contributed by atoms with E-state index in [9.17, 15) is 89.4 Å². The van der Waals surface area contributed by atoms with Crippen LogP contribution in [0.15, 0.2) is 74.3 Å². The molecular formula is C45H24Cl6F15N11O5S3. The van der Waals surface area contributed by atoms with Crippen molar-refractivity contribution in [2.24, 2.45) is 4.99 Å². The third-order valence-corrected chi connectivity index (χ3v) is 14.9. The lowest BCUT2D eigenvalue weighted by atomic mass is 10.2. The van der Waals surface area contributed by atoms with Gasteiger partial charge in [0.1, 0.15) is 56.3 Å². The van der Waals surface area contributed by atoms with Gasteiger partial charge in [-0.15, -0.1) is 0 Å². The number of nitrogens with two attached hydrogens (primary N) is 2. The van der Waals surface area contributed by atoms with Gasteiger partial charge in [-0.25, -0.2) is 23.2 Å². The number of hydrogen-bond acceptors (Lipinski definition) is 14. The van der Waals surface area contributed by atoms with Gasteiger partial charge in [0.2, 0.25) is 0 Å². The van der Waals surface area contributed by atoms with Gasteiger partial charge in [-0.2, -0.15) is 91.7 Å². The van der Waals surface area contributed by atoms with Crippen LogP contribution in [-0.4, -0.2) is 79.2 Å². The first-order valence-corrected chi connectivity index (χ1v) is 27.2. The highest BCUT2D eigenvalue weighted by atomic mass is 35.5. The van der Waals surface area contributed by atoms with E-state index in [1.807, 2.05) is 0 Å². The average Bonchev–Trinajstić information content (AvgIpc) is 2.02. The molecule has 0 amide bonds. The summed E-state index contributed by atoms with van der Waals surface area (Å²) in [6.45, 7) is 1.19. The van der Waals surface area contributed by atoms with Crippen LogP contribution in [0.25, 0.3) is 17.1 Å². The molecule has 4 aromatic carbocycles. The Balaban J connectivity index is 0.000000238. The van der Waals surface area contributed by atoms with Gasteiger partial charge < -0.3 is 21.3 Å². The van der Waals surface area contributed by atoms with E-state index in [0.29, 0.717) is 45.8 Å². The number of Topliss-reactive ketones (excluding diaryl/α,β-unsaturated/α-hetero) is 1. The zero-order chi connectivity index (χ0) is 64.5. The number of benzene rings is 4. The molecule has 16 nitrogen and oxygen atoms in total. The molecule has 0 aliphatic carbocycles. The van der Waals surface area contributed by atoms with E-state index in [1.54, 1.807) is 0 Å². The summed E-state index contributed by atoms with van der Waals surface area (Å²) >= 11 is 34.6. The number of ether oxygens (including phenoxy) is 1. The summed E-state index contributed by atoms with van der Waals surface area (Å²) in [7, 11) is -4.08. The van der Waals surface area contributed by atoms with Gasteiger partial charge >= 0.3 is 29.5 Å². The van der Waals surface area contributed by atoms with Crippen LogP contribution < -0.4 is 16.2 Å². The molecule has 0 saturated carbocycles. The molecule has 7 rings (SSSR count). The lowest BCUT2D eigenvalue weighted by Crippen LogP contribution is -2.18. The maximum atomic E-state index is 13.2. The molecule has 7 aromatic rings. The molecule has 3 heterocycles. The fraction of sp³-hybridized carbons (Fsp3) is 0.178. The highest BCUT2D eigenvalue weighted by Crippen LogP contribution is 2.47. The average molecular weight is 1390 g/mol. The quantitative estimate of drug-likeness (QED) is 0.0500. The summed E-state index contributed by atoms with van der Waals surface area (Å²) in [5.74, 6) is -2.34. The number of nitrogens with zero attached hydrogens (tertiary/aromatic N) is 9. The minimum Gasteiger partial charge on any atom is -0.504 e. The van der Waals surface area contributed by atoms with Crippen LogP contribution in [0.2, 0.25) is 30.1 Å². The molecule has 0 radical (unpaired) electrons. The number of aliphatic imine (C=N–C) groups is 1. The van der Waals surface area contributed by atoms with Crippen LogP contribution in [0.3, 0.4) is 0 Å². The summed E-state index contributed by atoms with van der Waals surface area (Å²) in [5.41, 5.74) is -4.84. The van der Waals surface area contributed by atoms with E-state index >= 15 is 0 Å². The van der Waals surface area contributed by atoms with Crippen molar-refractivity contribution in [2.45, 2.75) is 51.2 Å². The highest BCUT2D eigenvalue weighted by molar-refractivity contribution is 8.00. The molecule has 2 unspecified atom stereocenters. The van der Waals surface area contributed by atoms with Gasteiger partial charge in [0.05, 0.1) is 69.6 Å². The van der Waals surface area contributed by atoms with Crippen molar-refractivity contribution >= 4 is 132 Å². The number of hydrogen-bond donors (Lipinski definition) is 3. The number of carbonyl (C=O) groups is 1. The Morgan fingerprint density at radius 2 is 1.05 bits per heavy atom. The van der Waals surface area contributed by atoms with Gasteiger partial charge in [0, 0.05) is 19.4 Å². The Labute approximate surface area is 504 Å². The van der Waals surface area contributed by atoms with Crippen molar-refractivity contribution in [3.8, 4) is 40.7 Å². The van der Waals surface area contributed by atoms with Crippen LogP contribution >= 0.6 is 81.4 Å². The first-order valence-electron chi connectivity index (χ1n) is 21.4. The number of halogens is 21. The van der Waals surface area contributed by atoms with E-state index in [-0.39, 0.29) is 49.2 Å². The Bertz CT molecular complexity index is 3880. The molecule has 0 spiro atoms. The van der Waals surface area contributed by atoms with E-state index in [4.69, 9.17) is 91.1 Å². The molecule has 3 aromatic heterocycles. The van der Waals surface area contributed by atoms with Crippen molar-refractivity contribution in [3.05, 3.63) is 124 Å². The highest BCUT2D eigenvalue weighted by Gasteiger charge is 2.43. The number of aromatic hydroxyl groups is 1. The third-order valence-electron chi connectivity index (χ3n) is 10.2. The summed E-state index contributed by atoms with van der Waals surface area (Å²) in [6.07, 6.45) is -11.9. The third kappa shape index (κ3) is 15.9. The molecular weight excluding hydrogens is 1370 g/mol. The van der Waals surface area contributed by atoms with Crippen LogP contribution in [-0.2, 0) is 40.1 Å². The van der Waals surface area contributed by atoms with E-state index in [2.05, 4.69) is 20.3 Å². The number of alkyl halides is 15. The van der Waals surface area contributed by atoms with Gasteiger partial charge in [0.25, 0.3) is 0 Å². The van der Waals surface area contributed by atoms with Crippen LogP contribution in [0.1, 0.15) is 51.1 Å². The van der Waals surface area contributed by atoms with Crippen LogP contribution in [0.5, 0.6) is 11.5 Å². The Morgan fingerprint density at radius 3 is 1.39 bits per heavy atom. The Hall–Kier alpha value is -6.63. The smallest absolute Gasteiger partial charge is 0.476 e. The standard InChI is InChI=1S/C20H10Cl2F6N4O2S.C13H10Cl2F3N3O2S.C12H4Cl2F6N4OS/c1-34-15-4-9(2-3-14(15)33)8-30-18-17(35-20(26,27)28)13(7-29)31-32(18)16-11(21)5-10(6-12(16)22)19(23,24)25;1-5(22)9-11(24(2)23)12(19)21(20-9)10-7(14)3-6(4-8(10)15)13(16,17)18;13-5-1-4(11(15,16)17)2-6(14)8(5)24-10(22)9(7(3-21)23-24)26(25)12(18,19)20/h2-6,8,33H,1H3;3-4H,19H2,1-2H3;1-2H,22H2. The number of anilines is 2. The number of ketones is 1. The predicted octanol–water partition coefficient (Wildman–Crippen LogP) is 15.1. The first kappa shape index (κ1) is 69.1. The second kappa shape index (κ2) is 26.1. The minimum atomic E-state index is -5.25. The summed E-state index contributed by atoms with van der Waals surface area (Å²) in [5, 5.41) is 35.9. The second-order valence-corrected chi connectivity index (χ2v) is 22.2. The largest absolute Gasteiger partial charge is 0.504 e. The molecule has 5 N–H and O–H groups in total. The second-order valence-electron chi connectivity index (χ2n) is 15.9.